The average Bonchev–Trinajstić information content (AvgIpc) is 3.06. The number of rotatable bonds is 7. The van der Waals surface area contributed by atoms with E-state index in [1.807, 2.05) is 4.90 Å². The number of aryl methyl sites for hydroxylation is 1. The Morgan fingerprint density at radius 1 is 0.902 bits per heavy atom. The summed E-state index contributed by atoms with van der Waals surface area (Å²) < 4.78 is 96.7. The highest BCUT2D eigenvalue weighted by Crippen LogP contribution is 2.42. The van der Waals surface area contributed by atoms with Gasteiger partial charge in [0.15, 0.2) is 0 Å². The number of amides is 2. The van der Waals surface area contributed by atoms with E-state index in [0.717, 1.165) is 4.90 Å². The van der Waals surface area contributed by atoms with Crippen LogP contribution in [0, 0.1) is 12.7 Å². The third-order valence-corrected chi connectivity index (χ3v) is 9.96. The fraction of sp³-hybridized carbons (Fsp3) is 0.472. The predicted molar refractivity (Wildman–Crippen MR) is 178 cm³/mol. The molecule has 1 aromatic heterocycles. The van der Waals surface area contributed by atoms with Crippen molar-refractivity contribution in [3.05, 3.63) is 76.7 Å². The van der Waals surface area contributed by atoms with Gasteiger partial charge in [0, 0.05) is 70.9 Å². The summed E-state index contributed by atoms with van der Waals surface area (Å²) in [4.78, 5) is 38.3. The van der Waals surface area contributed by atoms with Gasteiger partial charge in [-0.1, -0.05) is 6.07 Å². The van der Waals surface area contributed by atoms with Gasteiger partial charge < -0.3 is 19.8 Å². The van der Waals surface area contributed by atoms with Gasteiger partial charge in [-0.2, -0.15) is 26.3 Å². The van der Waals surface area contributed by atoms with Crippen LogP contribution in [-0.2, 0) is 27.4 Å². The van der Waals surface area contributed by atoms with Gasteiger partial charge in [-0.15, -0.1) is 0 Å². The lowest BCUT2D eigenvalue weighted by Gasteiger charge is -2.51. The number of halogens is 7. The van der Waals surface area contributed by atoms with Crippen molar-refractivity contribution >= 4 is 23.3 Å². The van der Waals surface area contributed by atoms with Crippen molar-refractivity contribution in [1.82, 2.24) is 14.8 Å². The van der Waals surface area contributed by atoms with E-state index in [1.54, 1.807) is 17.9 Å². The maximum absolute atomic E-state index is 14.3. The van der Waals surface area contributed by atoms with Crippen molar-refractivity contribution in [2.24, 2.45) is 0 Å². The van der Waals surface area contributed by atoms with E-state index in [2.05, 4.69) is 4.90 Å². The summed E-state index contributed by atoms with van der Waals surface area (Å²) in [6.45, 7) is 8.40. The highest BCUT2D eigenvalue weighted by Gasteiger charge is 2.42. The molecule has 1 unspecified atom stereocenters. The molecule has 2 amide bonds. The summed E-state index contributed by atoms with van der Waals surface area (Å²) in [5.74, 6) is -0.883. The van der Waals surface area contributed by atoms with Crippen LogP contribution in [0.3, 0.4) is 0 Å². The van der Waals surface area contributed by atoms with Crippen LogP contribution < -0.4 is 9.80 Å². The fourth-order valence-electron chi connectivity index (χ4n) is 6.99. The normalized spacial score (nSPS) is 18.8. The number of likely N-dealkylation sites (N-methyl/N-ethyl adjacent to an activating group) is 1. The molecule has 15 heteroatoms. The first-order valence-electron chi connectivity index (χ1n) is 16.4. The number of hydrogen-bond acceptors (Lipinski definition) is 6. The van der Waals surface area contributed by atoms with E-state index in [0.29, 0.717) is 73.8 Å². The first kappa shape index (κ1) is 38.0. The molecule has 5 rings (SSSR count). The van der Waals surface area contributed by atoms with E-state index >= 15 is 0 Å². The summed E-state index contributed by atoms with van der Waals surface area (Å²) >= 11 is 0. The van der Waals surface area contributed by atoms with E-state index in [4.69, 9.17) is 4.98 Å². The molecule has 2 aromatic carbocycles. The topological polar surface area (TPSA) is 80.2 Å². The van der Waals surface area contributed by atoms with Crippen LogP contribution in [0.15, 0.2) is 48.7 Å². The highest BCUT2D eigenvalue weighted by atomic mass is 19.4. The molecule has 3 heterocycles. The summed E-state index contributed by atoms with van der Waals surface area (Å²) in [5, 5.41) is 9.94. The second-order valence-corrected chi connectivity index (χ2v) is 13.7. The number of alkyl halides is 6. The average molecular weight is 724 g/mol. The number of nitrogens with zero attached hydrogens (tertiary/aromatic N) is 5. The molecule has 2 aliphatic heterocycles. The smallest absolute Gasteiger partial charge is 0.396 e. The number of piperazine rings is 2. The van der Waals surface area contributed by atoms with Crippen LogP contribution in [0.2, 0.25) is 0 Å². The third-order valence-electron chi connectivity index (χ3n) is 9.96. The van der Waals surface area contributed by atoms with Gasteiger partial charge in [-0.25, -0.2) is 9.37 Å². The van der Waals surface area contributed by atoms with Crippen LogP contribution in [0.25, 0.3) is 11.1 Å². The van der Waals surface area contributed by atoms with Crippen molar-refractivity contribution < 1.29 is 45.4 Å². The molecule has 8 nitrogen and oxygen atoms in total. The summed E-state index contributed by atoms with van der Waals surface area (Å²) in [6.07, 6.45) is -8.39. The number of aliphatic hydroxyl groups excluding tert-OH is 1. The molecule has 0 aliphatic carbocycles. The van der Waals surface area contributed by atoms with Gasteiger partial charge >= 0.3 is 12.4 Å². The molecule has 1 N–H and O–H groups in total. The monoisotopic (exact) mass is 723 g/mol. The molecule has 0 saturated carbocycles. The lowest BCUT2D eigenvalue weighted by molar-refractivity contribution is -0.143. The van der Waals surface area contributed by atoms with Crippen molar-refractivity contribution in [2.75, 3.05) is 56.2 Å². The second-order valence-electron chi connectivity index (χ2n) is 13.7. The van der Waals surface area contributed by atoms with Crippen molar-refractivity contribution in [1.29, 1.82) is 0 Å². The van der Waals surface area contributed by atoms with Crippen LogP contribution in [0.1, 0.15) is 49.4 Å². The first-order valence-corrected chi connectivity index (χ1v) is 16.4. The van der Waals surface area contributed by atoms with Gasteiger partial charge in [-0.3, -0.25) is 14.5 Å². The maximum Gasteiger partial charge on any atom is 0.416 e. The molecular formula is C36H40F7N5O3. The minimum absolute atomic E-state index is 0.0145. The van der Waals surface area contributed by atoms with Gasteiger partial charge in [-0.05, 0) is 80.3 Å². The first-order chi connectivity index (χ1) is 23.7. The van der Waals surface area contributed by atoms with Gasteiger partial charge in [0.05, 0.1) is 28.4 Å². The minimum atomic E-state index is -5.10. The summed E-state index contributed by atoms with van der Waals surface area (Å²) in [7, 11) is 1.35. The molecule has 2 fully saturated rings. The molecule has 51 heavy (non-hydrogen) atoms. The molecule has 276 valence electrons. The lowest BCUT2D eigenvalue weighted by atomic mass is 9.81. The number of carbonyl (C=O) groups is 2. The second kappa shape index (κ2) is 14.1. The molecule has 3 aromatic rings. The SMILES string of the molecule is CC(=O)N1CCN2C[C@H](CCO)N(c3cc(-c4ccc(F)cc4C)c(N(C)C(=O)C(C)(C)c4cc(C(F)(F)F)cc(C(F)(F)F)c4)cn3)CC2C1. The number of aromatic nitrogens is 1. The van der Waals surface area contributed by atoms with Gasteiger partial charge in [0.2, 0.25) is 11.8 Å². The van der Waals surface area contributed by atoms with Crippen LogP contribution in [0.5, 0.6) is 0 Å². The molecule has 2 aliphatic rings. The van der Waals surface area contributed by atoms with Crippen molar-refractivity contribution in [3.63, 3.8) is 0 Å². The molecular weight excluding hydrogens is 683 g/mol. The quantitative estimate of drug-likeness (QED) is 0.290. The Hall–Kier alpha value is -4.24. The number of benzene rings is 2. The van der Waals surface area contributed by atoms with Crippen LogP contribution in [0.4, 0.5) is 42.2 Å². The summed E-state index contributed by atoms with van der Waals surface area (Å²) in [5.41, 5.74) is -3.81. The Morgan fingerprint density at radius 3 is 2.10 bits per heavy atom. The Bertz CT molecular complexity index is 1760. The number of hydrogen-bond donors (Lipinski definition) is 1. The van der Waals surface area contributed by atoms with Crippen LogP contribution in [-0.4, -0.2) is 90.2 Å². The standard InChI is InChI=1S/C36H40F7N5O3/c1-21-12-26(37)6-7-29(21)30-16-32(48-20-28-19-46(22(2)50)9-10-47(28)18-27(48)8-11-49)44-17-31(30)45(5)33(51)34(3,4)23-13-24(35(38,39)40)15-25(14-23)36(41,42)43/h6-7,12-17,27-28,49H,8-11,18-20H2,1-5H3/t27-,28?/m0/s1. The van der Waals surface area contributed by atoms with Gasteiger partial charge in [0.25, 0.3) is 0 Å². The Balaban J connectivity index is 1.59. The number of anilines is 2. The lowest BCUT2D eigenvalue weighted by Crippen LogP contribution is -2.65. The zero-order chi connectivity index (χ0) is 37.6. The number of aliphatic hydroxyl groups is 1. The molecule has 0 radical (unpaired) electrons. The number of carbonyl (C=O) groups excluding carboxylic acids is 2. The predicted octanol–water partition coefficient (Wildman–Crippen LogP) is 6.28. The molecule has 2 atom stereocenters. The van der Waals surface area contributed by atoms with Crippen molar-refractivity contribution in [3.8, 4) is 11.1 Å². The largest absolute Gasteiger partial charge is 0.416 e. The minimum Gasteiger partial charge on any atom is -0.396 e. The van der Waals surface area contributed by atoms with Gasteiger partial charge in [0.1, 0.15) is 11.6 Å². The zero-order valence-electron chi connectivity index (χ0n) is 28.9. The maximum atomic E-state index is 14.3. The summed E-state index contributed by atoms with van der Waals surface area (Å²) in [6, 6.07) is 6.69. The Morgan fingerprint density at radius 2 is 1.53 bits per heavy atom. The molecule has 0 spiro atoms. The van der Waals surface area contributed by atoms with Crippen LogP contribution >= 0.6 is 0 Å². The van der Waals surface area contributed by atoms with Crippen molar-refractivity contribution in [2.45, 2.75) is 64.0 Å². The van der Waals surface area contributed by atoms with E-state index < -0.39 is 46.2 Å². The van der Waals surface area contributed by atoms with E-state index in [-0.39, 0.29) is 36.4 Å². The zero-order valence-corrected chi connectivity index (χ0v) is 28.9. The van der Waals surface area contributed by atoms with E-state index in [9.17, 15) is 45.4 Å². The van der Waals surface area contributed by atoms with E-state index in [1.165, 1.54) is 52.2 Å². The Labute approximate surface area is 291 Å². The highest BCUT2D eigenvalue weighted by molar-refractivity contribution is 6.03. The molecule has 0 bridgehead atoms. The number of pyridine rings is 1. The fourth-order valence-corrected chi connectivity index (χ4v) is 6.99. The molecule has 2 saturated heterocycles. The number of fused-ring (bicyclic) bond motifs is 1. The Kier molecular flexibility index (Phi) is 10.5. The third kappa shape index (κ3) is 7.83.